The average Bonchev–Trinajstić information content (AvgIpc) is 2.53. The Morgan fingerprint density at radius 1 is 1.00 bits per heavy atom. The van der Waals surface area contributed by atoms with Crippen LogP contribution in [0.3, 0.4) is 0 Å². The van der Waals surface area contributed by atoms with Crippen molar-refractivity contribution in [2.45, 2.75) is 37.4 Å². The Bertz CT molecular complexity index is 784. The Balaban J connectivity index is 2.10. The summed E-state index contributed by atoms with van der Waals surface area (Å²) in [4.78, 5) is 0.0920. The van der Waals surface area contributed by atoms with Crippen LogP contribution < -0.4 is 4.72 Å². The Morgan fingerprint density at radius 2 is 1.67 bits per heavy atom. The van der Waals surface area contributed by atoms with Crippen molar-refractivity contribution in [2.75, 3.05) is 0 Å². The summed E-state index contributed by atoms with van der Waals surface area (Å²) < 4.78 is 64.8. The minimum atomic E-state index is -4.45. The number of sulfonamides is 1. The molecule has 0 spiro atoms. The molecule has 0 saturated heterocycles. The summed E-state index contributed by atoms with van der Waals surface area (Å²) in [5, 5.41) is 0. The molecule has 3 nitrogen and oxygen atoms in total. The molecule has 0 aliphatic rings. The lowest BCUT2D eigenvalue weighted by Gasteiger charge is -2.10. The van der Waals surface area contributed by atoms with Gasteiger partial charge in [0.25, 0.3) is 0 Å². The molecule has 0 aromatic heterocycles. The molecule has 0 atom stereocenters. The van der Waals surface area contributed by atoms with Crippen molar-refractivity contribution in [1.82, 2.24) is 4.72 Å². The van der Waals surface area contributed by atoms with Crippen LogP contribution in [0.15, 0.2) is 53.4 Å². The number of rotatable bonds is 6. The molecule has 0 amide bonds. The van der Waals surface area contributed by atoms with Crippen LogP contribution in [0.25, 0.3) is 0 Å². The zero-order chi connectivity index (χ0) is 17.8. The monoisotopic (exact) mass is 357 g/mol. The number of nitrogens with one attached hydrogen (secondary N) is 1. The molecule has 2 rings (SSSR count). The molecule has 0 aliphatic carbocycles. The van der Waals surface area contributed by atoms with E-state index in [9.17, 15) is 21.6 Å². The fourth-order valence-corrected chi connectivity index (χ4v) is 3.26. The first-order valence-electron chi connectivity index (χ1n) is 7.47. The van der Waals surface area contributed by atoms with Crippen LogP contribution >= 0.6 is 0 Å². The SMILES string of the molecule is CCCc1ccc(S(=O)(=O)NCc2cccc(C(F)(F)F)c2)cc1. The van der Waals surface area contributed by atoms with E-state index in [1.807, 2.05) is 6.92 Å². The van der Waals surface area contributed by atoms with Crippen LogP contribution in [0, 0.1) is 0 Å². The van der Waals surface area contributed by atoms with Gasteiger partial charge >= 0.3 is 6.18 Å². The molecule has 2 aromatic rings. The van der Waals surface area contributed by atoms with E-state index in [0.717, 1.165) is 30.5 Å². The summed E-state index contributed by atoms with van der Waals surface area (Å²) >= 11 is 0. The van der Waals surface area contributed by atoms with Gasteiger partial charge in [0.15, 0.2) is 0 Å². The number of halogens is 3. The fourth-order valence-electron chi connectivity index (χ4n) is 2.24. The van der Waals surface area contributed by atoms with Crippen LogP contribution in [0.1, 0.15) is 30.0 Å². The molecule has 0 unspecified atom stereocenters. The first kappa shape index (κ1) is 18.5. The summed E-state index contributed by atoms with van der Waals surface area (Å²) in [6, 6.07) is 11.1. The lowest BCUT2D eigenvalue weighted by atomic mass is 10.1. The third-order valence-electron chi connectivity index (χ3n) is 3.49. The highest BCUT2D eigenvalue weighted by Crippen LogP contribution is 2.29. The third kappa shape index (κ3) is 4.82. The standard InChI is InChI=1S/C17H18F3NO2S/c1-2-4-13-7-9-16(10-8-13)24(22,23)21-12-14-5-3-6-15(11-14)17(18,19)20/h3,5-11,21H,2,4,12H2,1H3. The molecule has 130 valence electrons. The maximum Gasteiger partial charge on any atom is 0.416 e. The summed E-state index contributed by atoms with van der Waals surface area (Å²) in [5.74, 6) is 0. The van der Waals surface area contributed by atoms with Crippen molar-refractivity contribution >= 4 is 10.0 Å². The summed E-state index contributed by atoms with van der Waals surface area (Å²) in [5.41, 5.74) is 0.480. The van der Waals surface area contributed by atoms with Crippen LogP contribution in [0.5, 0.6) is 0 Å². The minimum absolute atomic E-state index is 0.0920. The summed E-state index contributed by atoms with van der Waals surface area (Å²) in [7, 11) is -3.77. The van der Waals surface area contributed by atoms with E-state index in [4.69, 9.17) is 0 Å². The van der Waals surface area contributed by atoms with Gasteiger partial charge in [-0.3, -0.25) is 0 Å². The third-order valence-corrected chi connectivity index (χ3v) is 4.91. The lowest BCUT2D eigenvalue weighted by Crippen LogP contribution is -2.23. The molecule has 0 heterocycles. The highest BCUT2D eigenvalue weighted by molar-refractivity contribution is 7.89. The van der Waals surface area contributed by atoms with Gasteiger partial charge in [0.2, 0.25) is 10.0 Å². The Morgan fingerprint density at radius 3 is 2.25 bits per heavy atom. The van der Waals surface area contributed by atoms with Crippen LogP contribution in [-0.4, -0.2) is 8.42 Å². The Labute approximate surface area is 139 Å². The molecule has 1 N–H and O–H groups in total. The number of hydrogen-bond donors (Lipinski definition) is 1. The van der Waals surface area contributed by atoms with Gasteiger partial charge < -0.3 is 0 Å². The molecule has 2 aromatic carbocycles. The van der Waals surface area contributed by atoms with E-state index in [-0.39, 0.29) is 17.0 Å². The van der Waals surface area contributed by atoms with Crippen molar-refractivity contribution < 1.29 is 21.6 Å². The van der Waals surface area contributed by atoms with Crippen molar-refractivity contribution in [3.8, 4) is 0 Å². The largest absolute Gasteiger partial charge is 0.416 e. The van der Waals surface area contributed by atoms with Gasteiger partial charge in [0, 0.05) is 6.54 Å². The lowest BCUT2D eigenvalue weighted by molar-refractivity contribution is -0.137. The highest BCUT2D eigenvalue weighted by atomic mass is 32.2. The van der Waals surface area contributed by atoms with Crippen molar-refractivity contribution in [2.24, 2.45) is 0 Å². The van der Waals surface area contributed by atoms with E-state index in [1.54, 1.807) is 12.1 Å². The van der Waals surface area contributed by atoms with E-state index in [0.29, 0.717) is 0 Å². The van der Waals surface area contributed by atoms with Crippen LogP contribution in [0.2, 0.25) is 0 Å². The Kier molecular flexibility index (Phi) is 5.66. The first-order valence-corrected chi connectivity index (χ1v) is 8.95. The smallest absolute Gasteiger partial charge is 0.207 e. The fraction of sp³-hybridized carbons (Fsp3) is 0.294. The first-order chi connectivity index (χ1) is 11.2. The predicted molar refractivity (Wildman–Crippen MR) is 85.9 cm³/mol. The van der Waals surface area contributed by atoms with Gasteiger partial charge in [0.05, 0.1) is 10.5 Å². The molecule has 0 saturated carbocycles. The van der Waals surface area contributed by atoms with Gasteiger partial charge in [-0.25, -0.2) is 13.1 Å². The van der Waals surface area contributed by atoms with Crippen molar-refractivity contribution in [1.29, 1.82) is 0 Å². The van der Waals surface area contributed by atoms with Gasteiger partial charge in [-0.2, -0.15) is 13.2 Å². The van der Waals surface area contributed by atoms with Crippen molar-refractivity contribution in [3.63, 3.8) is 0 Å². The van der Waals surface area contributed by atoms with Gasteiger partial charge in [-0.1, -0.05) is 43.7 Å². The molecule has 24 heavy (non-hydrogen) atoms. The number of benzene rings is 2. The normalized spacial score (nSPS) is 12.3. The molecule has 0 fully saturated rings. The van der Waals surface area contributed by atoms with E-state index in [2.05, 4.69) is 4.72 Å². The molecular formula is C17H18F3NO2S. The van der Waals surface area contributed by atoms with Gasteiger partial charge in [0.1, 0.15) is 0 Å². The average molecular weight is 357 g/mol. The van der Waals surface area contributed by atoms with Gasteiger partial charge in [-0.05, 0) is 35.7 Å². The second-order valence-corrected chi connectivity index (χ2v) is 7.18. The van der Waals surface area contributed by atoms with Crippen LogP contribution in [0.4, 0.5) is 13.2 Å². The number of hydrogen-bond acceptors (Lipinski definition) is 2. The molecular weight excluding hydrogens is 339 g/mol. The second-order valence-electron chi connectivity index (χ2n) is 5.42. The zero-order valence-corrected chi connectivity index (χ0v) is 13.9. The van der Waals surface area contributed by atoms with E-state index >= 15 is 0 Å². The molecule has 0 aliphatic heterocycles. The number of aryl methyl sites for hydroxylation is 1. The summed E-state index contributed by atoms with van der Waals surface area (Å²) in [6.07, 6.45) is -2.64. The second kappa shape index (κ2) is 7.36. The van der Waals surface area contributed by atoms with E-state index < -0.39 is 21.8 Å². The number of alkyl halides is 3. The van der Waals surface area contributed by atoms with Crippen molar-refractivity contribution in [3.05, 3.63) is 65.2 Å². The van der Waals surface area contributed by atoms with E-state index in [1.165, 1.54) is 24.3 Å². The quantitative estimate of drug-likeness (QED) is 0.845. The maximum atomic E-state index is 12.7. The summed E-state index contributed by atoms with van der Waals surface area (Å²) in [6.45, 7) is 1.82. The topological polar surface area (TPSA) is 46.2 Å². The molecule has 0 bridgehead atoms. The Hall–Kier alpha value is -1.86. The highest BCUT2D eigenvalue weighted by Gasteiger charge is 2.30. The molecule has 7 heteroatoms. The molecule has 0 radical (unpaired) electrons. The zero-order valence-electron chi connectivity index (χ0n) is 13.1. The maximum absolute atomic E-state index is 12.7. The predicted octanol–water partition coefficient (Wildman–Crippen LogP) is 4.14. The van der Waals surface area contributed by atoms with Crippen LogP contribution in [-0.2, 0) is 29.2 Å². The minimum Gasteiger partial charge on any atom is -0.207 e. The van der Waals surface area contributed by atoms with Gasteiger partial charge in [-0.15, -0.1) is 0 Å².